The first-order valence-electron chi connectivity index (χ1n) is 11.0. The molecule has 0 amide bonds. The summed E-state index contributed by atoms with van der Waals surface area (Å²) in [6, 6.07) is 11.8. The molecule has 0 saturated heterocycles. The minimum absolute atomic E-state index is 0.0667. The molecule has 4 rings (SSSR count). The molecule has 176 valence electrons. The van der Waals surface area contributed by atoms with Crippen LogP contribution in [0.2, 0.25) is 0 Å². The largest absolute Gasteiger partial charge is 0.483 e. The zero-order valence-corrected chi connectivity index (χ0v) is 20.2. The monoisotopic (exact) mass is 479 g/mol. The fourth-order valence-corrected chi connectivity index (χ4v) is 4.78. The summed E-state index contributed by atoms with van der Waals surface area (Å²) in [5.74, 6) is 1.14. The van der Waals surface area contributed by atoms with E-state index in [-0.39, 0.29) is 18.0 Å². The van der Waals surface area contributed by atoms with Crippen LogP contribution >= 0.6 is 11.8 Å². The van der Waals surface area contributed by atoms with Gasteiger partial charge < -0.3 is 9.15 Å². The number of thioether (sulfide) groups is 1. The van der Waals surface area contributed by atoms with Gasteiger partial charge in [0, 0.05) is 23.8 Å². The molecule has 0 N–H and O–H groups in total. The summed E-state index contributed by atoms with van der Waals surface area (Å²) in [6.45, 7) is 10.7. The first kappa shape index (κ1) is 23.8. The van der Waals surface area contributed by atoms with Gasteiger partial charge in [-0.25, -0.2) is 9.18 Å². The quantitative estimate of drug-likeness (QED) is 0.166. The number of nitrogens with zero attached hydrogens (tertiary/aromatic N) is 3. The van der Waals surface area contributed by atoms with Gasteiger partial charge in [-0.15, -0.1) is 16.8 Å². The number of ether oxygens (including phenoxy) is 1. The van der Waals surface area contributed by atoms with E-state index in [1.807, 2.05) is 17.6 Å². The maximum absolute atomic E-state index is 13.9. The van der Waals surface area contributed by atoms with Crippen LogP contribution in [0.25, 0.3) is 11.0 Å². The van der Waals surface area contributed by atoms with Crippen molar-refractivity contribution in [2.75, 3.05) is 0 Å². The predicted octanol–water partition coefficient (Wildman–Crippen LogP) is 6.01. The average Bonchev–Trinajstić information content (AvgIpc) is 3.18. The molecule has 0 fully saturated rings. The SMILES string of the molecule is C=CCn1c(COc2ccccc2F)nnc1SCc1cc(=O)oc2cc(C)c(C(C)C)cc12. The van der Waals surface area contributed by atoms with Gasteiger partial charge in [-0.05, 0) is 53.8 Å². The molecule has 0 bridgehead atoms. The van der Waals surface area contributed by atoms with Crippen molar-refractivity contribution in [1.82, 2.24) is 14.8 Å². The third-order valence-electron chi connectivity index (χ3n) is 5.49. The molecular weight excluding hydrogens is 453 g/mol. The molecule has 4 aromatic rings. The summed E-state index contributed by atoms with van der Waals surface area (Å²) in [5.41, 5.74) is 3.38. The van der Waals surface area contributed by atoms with Gasteiger partial charge in [0.25, 0.3) is 0 Å². The van der Waals surface area contributed by atoms with Crippen molar-refractivity contribution in [1.29, 1.82) is 0 Å². The van der Waals surface area contributed by atoms with Crippen molar-refractivity contribution >= 4 is 22.7 Å². The first-order chi connectivity index (χ1) is 16.4. The summed E-state index contributed by atoms with van der Waals surface area (Å²) in [5, 5.41) is 10.1. The van der Waals surface area contributed by atoms with E-state index < -0.39 is 5.82 Å². The molecule has 0 saturated carbocycles. The molecule has 2 aromatic heterocycles. The number of rotatable bonds is 9. The summed E-state index contributed by atoms with van der Waals surface area (Å²) in [6.07, 6.45) is 1.74. The summed E-state index contributed by atoms with van der Waals surface area (Å²) >= 11 is 1.46. The second-order valence-corrected chi connectivity index (χ2v) is 9.20. The van der Waals surface area contributed by atoms with Crippen molar-refractivity contribution in [2.45, 2.75) is 50.8 Å². The van der Waals surface area contributed by atoms with Gasteiger partial charge in [-0.2, -0.15) is 0 Å². The molecule has 0 aliphatic heterocycles. The summed E-state index contributed by atoms with van der Waals surface area (Å²) < 4.78 is 26.8. The van der Waals surface area contributed by atoms with Crippen molar-refractivity contribution in [3.05, 3.63) is 93.9 Å². The first-order valence-corrected chi connectivity index (χ1v) is 12.0. The Balaban J connectivity index is 1.60. The van der Waals surface area contributed by atoms with Crippen LogP contribution in [0.3, 0.4) is 0 Å². The zero-order chi connectivity index (χ0) is 24.2. The van der Waals surface area contributed by atoms with Crippen molar-refractivity contribution in [3.63, 3.8) is 0 Å². The van der Waals surface area contributed by atoms with Crippen LogP contribution in [0.1, 0.15) is 42.3 Å². The molecule has 34 heavy (non-hydrogen) atoms. The molecule has 6 nitrogen and oxygen atoms in total. The summed E-state index contributed by atoms with van der Waals surface area (Å²) in [4.78, 5) is 12.2. The Morgan fingerprint density at radius 1 is 1.24 bits per heavy atom. The van der Waals surface area contributed by atoms with E-state index in [2.05, 4.69) is 36.7 Å². The Labute approximate surface area is 201 Å². The van der Waals surface area contributed by atoms with E-state index in [1.54, 1.807) is 24.3 Å². The van der Waals surface area contributed by atoms with E-state index in [9.17, 15) is 9.18 Å². The second-order valence-electron chi connectivity index (χ2n) is 8.26. The Hall–Kier alpha value is -3.39. The van der Waals surface area contributed by atoms with E-state index in [0.717, 1.165) is 16.5 Å². The van der Waals surface area contributed by atoms with Crippen LogP contribution < -0.4 is 10.4 Å². The lowest BCUT2D eigenvalue weighted by atomic mass is 9.95. The Kier molecular flexibility index (Phi) is 7.17. The minimum Gasteiger partial charge on any atom is -0.483 e. The van der Waals surface area contributed by atoms with Gasteiger partial charge in [0.15, 0.2) is 22.5 Å². The highest BCUT2D eigenvalue weighted by Gasteiger charge is 2.16. The number of hydrogen-bond donors (Lipinski definition) is 0. The topological polar surface area (TPSA) is 70.2 Å². The molecule has 0 radical (unpaired) electrons. The number of fused-ring (bicyclic) bond motifs is 1. The van der Waals surface area contributed by atoms with Crippen LogP contribution in [0.5, 0.6) is 5.75 Å². The fraction of sp³-hybridized carbons (Fsp3) is 0.269. The van der Waals surface area contributed by atoms with Crippen molar-refractivity contribution in [2.24, 2.45) is 0 Å². The lowest BCUT2D eigenvalue weighted by molar-refractivity contribution is 0.275. The molecule has 0 aliphatic rings. The zero-order valence-electron chi connectivity index (χ0n) is 19.4. The van der Waals surface area contributed by atoms with Crippen LogP contribution in [0.4, 0.5) is 4.39 Å². The molecule has 2 heterocycles. The number of aryl methyl sites for hydroxylation is 1. The highest BCUT2D eigenvalue weighted by atomic mass is 32.2. The third-order valence-corrected chi connectivity index (χ3v) is 6.51. The molecule has 0 unspecified atom stereocenters. The van der Waals surface area contributed by atoms with E-state index >= 15 is 0 Å². The number of allylic oxidation sites excluding steroid dienone is 1. The van der Waals surface area contributed by atoms with E-state index in [4.69, 9.17) is 9.15 Å². The van der Waals surface area contributed by atoms with Crippen LogP contribution in [0, 0.1) is 12.7 Å². The maximum atomic E-state index is 13.9. The standard InChI is InChI=1S/C26H26FN3O3S/c1-5-10-30-24(14-32-22-9-7-6-8-21(22)27)28-29-26(30)34-15-18-12-25(31)33-23-11-17(4)19(16(2)3)13-20(18)23/h5-9,11-13,16H,1,10,14-15H2,2-4H3. The smallest absolute Gasteiger partial charge is 0.336 e. The average molecular weight is 480 g/mol. The second kappa shape index (κ2) is 10.3. The molecule has 0 spiro atoms. The minimum atomic E-state index is -0.433. The van der Waals surface area contributed by atoms with Crippen LogP contribution in [-0.4, -0.2) is 14.8 Å². The van der Waals surface area contributed by atoms with Gasteiger partial charge in [0.1, 0.15) is 12.2 Å². The van der Waals surface area contributed by atoms with E-state index in [1.165, 1.54) is 29.5 Å². The molecule has 8 heteroatoms. The van der Waals surface area contributed by atoms with Crippen LogP contribution in [0.15, 0.2) is 69.5 Å². The maximum Gasteiger partial charge on any atom is 0.336 e. The Morgan fingerprint density at radius 2 is 2.03 bits per heavy atom. The molecule has 2 aromatic carbocycles. The fourth-order valence-electron chi connectivity index (χ4n) is 3.82. The van der Waals surface area contributed by atoms with Crippen molar-refractivity contribution in [3.8, 4) is 5.75 Å². The summed E-state index contributed by atoms with van der Waals surface area (Å²) in [7, 11) is 0. The number of para-hydroxylation sites is 1. The van der Waals surface area contributed by atoms with Crippen molar-refractivity contribution < 1.29 is 13.5 Å². The number of benzene rings is 2. The highest BCUT2D eigenvalue weighted by molar-refractivity contribution is 7.98. The number of hydrogen-bond acceptors (Lipinski definition) is 6. The van der Waals surface area contributed by atoms with Gasteiger partial charge in [0.2, 0.25) is 0 Å². The van der Waals surface area contributed by atoms with Gasteiger partial charge >= 0.3 is 5.63 Å². The Morgan fingerprint density at radius 3 is 2.76 bits per heavy atom. The van der Waals surface area contributed by atoms with Gasteiger partial charge in [0.05, 0.1) is 0 Å². The lowest BCUT2D eigenvalue weighted by Gasteiger charge is -2.13. The van der Waals surface area contributed by atoms with Crippen LogP contribution in [-0.2, 0) is 18.9 Å². The Bertz CT molecular complexity index is 1390. The number of halogens is 1. The normalized spacial score (nSPS) is 11.3. The third kappa shape index (κ3) is 5.07. The number of aromatic nitrogens is 3. The van der Waals surface area contributed by atoms with Gasteiger partial charge in [-0.3, -0.25) is 4.57 Å². The predicted molar refractivity (Wildman–Crippen MR) is 132 cm³/mol. The highest BCUT2D eigenvalue weighted by Crippen LogP contribution is 2.30. The molecular formula is C26H26FN3O3S. The molecule has 0 aliphatic carbocycles. The molecule has 0 atom stereocenters. The lowest BCUT2D eigenvalue weighted by Crippen LogP contribution is -2.08. The van der Waals surface area contributed by atoms with E-state index in [0.29, 0.717) is 34.8 Å². The van der Waals surface area contributed by atoms with Gasteiger partial charge in [-0.1, -0.05) is 43.8 Å².